The number of benzene rings is 5. The molecule has 0 fully saturated rings. The second-order valence-corrected chi connectivity index (χ2v) is 14.8. The van der Waals surface area contributed by atoms with Crippen LogP contribution in [0.3, 0.4) is 0 Å². The zero-order valence-corrected chi connectivity index (χ0v) is 33.9. The second-order valence-electron chi connectivity index (χ2n) is 14.0. The van der Waals surface area contributed by atoms with Gasteiger partial charge in [0.25, 0.3) is 0 Å². The van der Waals surface area contributed by atoms with E-state index < -0.39 is 35.3 Å². The van der Waals surface area contributed by atoms with E-state index in [2.05, 4.69) is 41.7 Å². The highest BCUT2D eigenvalue weighted by Crippen LogP contribution is 2.52. The molecule has 5 aromatic carbocycles. The van der Waals surface area contributed by atoms with Gasteiger partial charge in [0, 0.05) is 40.6 Å². The number of hydrogen-bond acceptors (Lipinski definition) is 7. The predicted molar refractivity (Wildman–Crippen MR) is 225 cm³/mol. The maximum Gasteiger partial charge on any atom is 0.334 e. The molecule has 0 aliphatic carbocycles. The van der Waals surface area contributed by atoms with Crippen molar-refractivity contribution >= 4 is 41.1 Å². The Labute approximate surface area is 348 Å². The lowest BCUT2D eigenvalue weighted by molar-refractivity contribution is -0.140. The number of rotatable bonds is 16. The molecule has 9 nitrogen and oxygen atoms in total. The van der Waals surface area contributed by atoms with Crippen LogP contribution in [0.25, 0.3) is 0 Å². The molecule has 1 aliphatic rings. The van der Waals surface area contributed by atoms with E-state index in [-0.39, 0.29) is 44.6 Å². The Bertz CT molecular complexity index is 2230. The van der Waals surface area contributed by atoms with Crippen LogP contribution >= 0.6 is 23.2 Å². The molecule has 1 heterocycles. The van der Waals surface area contributed by atoms with Crippen molar-refractivity contribution in [2.24, 2.45) is 0 Å². The van der Waals surface area contributed by atoms with Crippen LogP contribution in [-0.2, 0) is 36.5 Å². The SMILES string of the molecule is COC(=O)CC1=C(C(=O)O)C(C)(c2c(Cl)cccc2Cl)C(C(=O)O)=C(CCc2ccccc2OCCNC(c2ccccc2)(c2ccccc2)c2ccccc2)N1C. The Balaban J connectivity index is 1.33. The van der Waals surface area contributed by atoms with E-state index in [4.69, 9.17) is 32.7 Å². The lowest BCUT2D eigenvalue weighted by Crippen LogP contribution is -2.46. The molecule has 0 aromatic heterocycles. The molecule has 0 spiro atoms. The summed E-state index contributed by atoms with van der Waals surface area (Å²) < 4.78 is 11.4. The highest BCUT2D eigenvalue weighted by molar-refractivity contribution is 6.36. The number of para-hydroxylation sites is 1. The van der Waals surface area contributed by atoms with Gasteiger partial charge >= 0.3 is 17.9 Å². The quantitative estimate of drug-likeness (QED) is 0.0508. The second kappa shape index (κ2) is 18.2. The number of ether oxygens (including phenoxy) is 2. The van der Waals surface area contributed by atoms with Gasteiger partial charge in [0.1, 0.15) is 12.4 Å². The van der Waals surface area contributed by atoms with Crippen molar-refractivity contribution in [1.29, 1.82) is 0 Å². The summed E-state index contributed by atoms with van der Waals surface area (Å²) in [5, 5.41) is 25.6. The van der Waals surface area contributed by atoms with Gasteiger partial charge in [0.05, 0.1) is 35.6 Å². The standard InChI is InChI=1S/C47H44Cl2N2O7/c1-46(41-35(48)23-15-24-36(41)49)42(44(53)54)37(51(2)38(30-40(52)57-3)43(46)45(55)56)27-26-31-16-13-14-25-39(31)58-29-28-50-47(32-17-7-4-8-18-32,33-19-9-5-10-20-33)34-21-11-6-12-22-34/h4-25,50H,26-30H2,1-3H3,(H,53,54)(H,55,56). The molecule has 58 heavy (non-hydrogen) atoms. The summed E-state index contributed by atoms with van der Waals surface area (Å²) in [6.45, 7) is 2.23. The normalized spacial score (nSPS) is 15.6. The number of allylic oxidation sites excluding steroid dienone is 1. The fraction of sp³-hybridized carbons (Fsp3) is 0.213. The molecule has 3 N–H and O–H groups in total. The van der Waals surface area contributed by atoms with E-state index in [1.54, 1.807) is 13.1 Å². The Morgan fingerprint density at radius 1 is 0.690 bits per heavy atom. The number of esters is 1. The molecular weight excluding hydrogens is 775 g/mol. The molecule has 1 unspecified atom stereocenters. The summed E-state index contributed by atoms with van der Waals surface area (Å²) in [5.41, 5.74) is 1.35. The maximum atomic E-state index is 13.4. The van der Waals surface area contributed by atoms with E-state index in [0.717, 1.165) is 22.3 Å². The van der Waals surface area contributed by atoms with E-state index in [9.17, 15) is 24.6 Å². The minimum Gasteiger partial charge on any atom is -0.492 e. The number of methoxy groups -OCH3 is 1. The Morgan fingerprint density at radius 2 is 1.17 bits per heavy atom. The highest BCUT2D eigenvalue weighted by Gasteiger charge is 2.51. The van der Waals surface area contributed by atoms with Crippen LogP contribution in [0.5, 0.6) is 5.75 Å². The smallest absolute Gasteiger partial charge is 0.334 e. The largest absolute Gasteiger partial charge is 0.492 e. The topological polar surface area (TPSA) is 125 Å². The first-order chi connectivity index (χ1) is 27.9. The first-order valence-electron chi connectivity index (χ1n) is 18.8. The van der Waals surface area contributed by atoms with Crippen LogP contribution in [0.1, 0.15) is 47.6 Å². The van der Waals surface area contributed by atoms with Crippen LogP contribution in [0.15, 0.2) is 156 Å². The molecule has 1 atom stereocenters. The number of hydrogen-bond donors (Lipinski definition) is 3. The number of halogens is 2. The average molecular weight is 820 g/mol. The highest BCUT2D eigenvalue weighted by atomic mass is 35.5. The fourth-order valence-corrected chi connectivity index (χ4v) is 8.96. The van der Waals surface area contributed by atoms with Crippen molar-refractivity contribution < 1.29 is 34.1 Å². The molecule has 0 radical (unpaired) electrons. The first-order valence-corrected chi connectivity index (χ1v) is 19.5. The van der Waals surface area contributed by atoms with Crippen LogP contribution in [0.2, 0.25) is 10.0 Å². The minimum absolute atomic E-state index is 0.0622. The molecule has 11 heteroatoms. The van der Waals surface area contributed by atoms with Gasteiger partial charge in [-0.25, -0.2) is 9.59 Å². The third-order valence-electron chi connectivity index (χ3n) is 10.8. The number of nitrogens with one attached hydrogen (secondary N) is 1. The molecule has 5 aromatic rings. The minimum atomic E-state index is -1.87. The van der Waals surface area contributed by atoms with Crippen LogP contribution in [-0.4, -0.2) is 60.3 Å². The molecule has 0 bridgehead atoms. The zero-order chi connectivity index (χ0) is 41.5. The summed E-state index contributed by atoms with van der Waals surface area (Å²) in [7, 11) is 2.76. The fourth-order valence-electron chi connectivity index (χ4n) is 8.18. The van der Waals surface area contributed by atoms with Crippen molar-refractivity contribution in [1.82, 2.24) is 10.2 Å². The third-order valence-corrected chi connectivity index (χ3v) is 11.4. The summed E-state index contributed by atoms with van der Waals surface area (Å²) in [5.74, 6) is -2.87. The van der Waals surface area contributed by atoms with Crippen molar-refractivity contribution in [3.05, 3.63) is 194 Å². The summed E-state index contributed by atoms with van der Waals surface area (Å²) in [6.07, 6.45) is -0.000762. The van der Waals surface area contributed by atoms with Crippen molar-refractivity contribution in [2.45, 2.75) is 37.1 Å². The molecule has 0 amide bonds. The van der Waals surface area contributed by atoms with Gasteiger partial charge in [-0.1, -0.05) is 138 Å². The number of carbonyl (C=O) groups is 3. The van der Waals surface area contributed by atoms with Gasteiger partial charge in [-0.2, -0.15) is 0 Å². The Hall–Kier alpha value is -5.87. The lowest BCUT2D eigenvalue weighted by Gasteiger charge is -2.43. The van der Waals surface area contributed by atoms with Gasteiger partial charge in [-0.05, 0) is 60.2 Å². The number of nitrogens with zero attached hydrogens (tertiary/aromatic N) is 1. The summed E-state index contributed by atoms with van der Waals surface area (Å²) >= 11 is 13.4. The van der Waals surface area contributed by atoms with Crippen LogP contribution in [0.4, 0.5) is 0 Å². The van der Waals surface area contributed by atoms with Crippen LogP contribution < -0.4 is 10.1 Å². The Kier molecular flexibility index (Phi) is 13.1. The number of carboxylic acid groups (broad SMARTS) is 2. The maximum absolute atomic E-state index is 13.4. The van der Waals surface area contributed by atoms with E-state index in [0.29, 0.717) is 25.3 Å². The average Bonchev–Trinajstić information content (AvgIpc) is 3.22. The summed E-state index contributed by atoms with van der Waals surface area (Å²) in [6, 6.07) is 43.0. The van der Waals surface area contributed by atoms with Crippen molar-refractivity contribution in [3.63, 3.8) is 0 Å². The zero-order valence-electron chi connectivity index (χ0n) is 32.4. The molecule has 6 rings (SSSR count). The predicted octanol–water partition coefficient (Wildman–Crippen LogP) is 9.03. The molecule has 0 saturated carbocycles. The van der Waals surface area contributed by atoms with Crippen molar-refractivity contribution in [2.75, 3.05) is 27.3 Å². The van der Waals surface area contributed by atoms with Crippen molar-refractivity contribution in [3.8, 4) is 5.75 Å². The number of carboxylic acids is 2. The number of aryl methyl sites for hydroxylation is 1. The van der Waals surface area contributed by atoms with Gasteiger partial charge in [0.15, 0.2) is 0 Å². The monoisotopic (exact) mass is 818 g/mol. The van der Waals surface area contributed by atoms with Gasteiger partial charge in [-0.3, -0.25) is 10.1 Å². The number of aliphatic carboxylic acids is 2. The lowest BCUT2D eigenvalue weighted by atomic mass is 9.66. The third kappa shape index (κ3) is 8.11. The molecule has 1 aliphatic heterocycles. The van der Waals surface area contributed by atoms with Gasteiger partial charge in [-0.15, -0.1) is 0 Å². The number of carbonyl (C=O) groups excluding carboxylic acids is 1. The van der Waals surface area contributed by atoms with E-state index >= 15 is 0 Å². The Morgan fingerprint density at radius 3 is 1.67 bits per heavy atom. The van der Waals surface area contributed by atoms with Gasteiger partial charge < -0.3 is 24.6 Å². The molecule has 0 saturated heterocycles. The first kappa shape index (κ1) is 41.8. The van der Waals surface area contributed by atoms with E-state index in [1.807, 2.05) is 78.9 Å². The summed E-state index contributed by atoms with van der Waals surface area (Å²) in [4.78, 5) is 40.8. The molecule has 298 valence electrons. The van der Waals surface area contributed by atoms with Crippen LogP contribution in [0, 0.1) is 0 Å². The molecular formula is C47H44Cl2N2O7. The van der Waals surface area contributed by atoms with Gasteiger partial charge in [0.2, 0.25) is 0 Å². The van der Waals surface area contributed by atoms with E-state index in [1.165, 1.54) is 31.1 Å².